The van der Waals surface area contributed by atoms with Crippen LogP contribution in [-0.2, 0) is 4.74 Å². The number of rotatable bonds is 2. The molecule has 0 spiro atoms. The first-order chi connectivity index (χ1) is 9.42. The Morgan fingerprint density at radius 1 is 1.45 bits per heavy atom. The molecule has 2 aromatic heterocycles. The number of hydrogen-bond acceptors (Lipinski definition) is 7. The third-order valence-electron chi connectivity index (χ3n) is 3.10. The van der Waals surface area contributed by atoms with E-state index in [0.717, 1.165) is 10.9 Å². The lowest BCUT2D eigenvalue weighted by molar-refractivity contribution is -0.116. The molecular weight excluding hydrogens is 274 g/mol. The Balaban J connectivity index is 2.11. The molecule has 0 aromatic carbocycles. The molecule has 20 heavy (non-hydrogen) atoms. The molecule has 0 saturated carbocycles. The van der Waals surface area contributed by atoms with Gasteiger partial charge in [0.25, 0.3) is 5.92 Å². The van der Waals surface area contributed by atoms with Crippen LogP contribution in [0, 0.1) is 0 Å². The number of aliphatic hydroxyl groups is 1. The van der Waals surface area contributed by atoms with Crippen LogP contribution in [0.1, 0.15) is 12.6 Å². The summed E-state index contributed by atoms with van der Waals surface area (Å²) in [4.78, 5) is 11.5. The predicted molar refractivity (Wildman–Crippen MR) is 64.7 cm³/mol. The van der Waals surface area contributed by atoms with Gasteiger partial charge in [0.15, 0.2) is 11.5 Å². The summed E-state index contributed by atoms with van der Waals surface area (Å²) in [6.45, 7) is -0.488. The van der Waals surface area contributed by atoms with Crippen LogP contribution >= 0.6 is 0 Å². The lowest BCUT2D eigenvalue weighted by Gasteiger charge is -2.19. The number of alkyl halides is 2. The van der Waals surface area contributed by atoms with E-state index in [-0.39, 0.29) is 22.9 Å². The molecule has 1 fully saturated rings. The lowest BCUT2D eigenvalue weighted by atomic mass is 10.2. The van der Waals surface area contributed by atoms with Crippen LogP contribution in [0.4, 0.5) is 20.5 Å². The third kappa shape index (κ3) is 1.84. The third-order valence-corrected chi connectivity index (χ3v) is 3.10. The molecule has 108 valence electrons. The second kappa shape index (κ2) is 4.21. The van der Waals surface area contributed by atoms with Crippen molar-refractivity contribution in [2.24, 2.45) is 0 Å². The number of imidazole rings is 1. The van der Waals surface area contributed by atoms with Crippen molar-refractivity contribution >= 4 is 22.9 Å². The molecule has 0 aliphatic carbocycles. The summed E-state index contributed by atoms with van der Waals surface area (Å²) in [6.07, 6.45) is -1.99. The zero-order valence-electron chi connectivity index (χ0n) is 10.2. The standard InChI is InChI=1S/C10H12F2N6O2/c11-10(12)1-4(2-19)20-8(10)18-3-15-5-6(13)16-9(14)17-7(5)18/h3-4,8,19H,1-2H2,(H4,13,14,16,17). The van der Waals surface area contributed by atoms with E-state index in [4.69, 9.17) is 21.3 Å². The average molecular weight is 286 g/mol. The molecule has 2 atom stereocenters. The van der Waals surface area contributed by atoms with E-state index >= 15 is 0 Å². The highest BCUT2D eigenvalue weighted by molar-refractivity contribution is 5.82. The number of aromatic nitrogens is 4. The average Bonchev–Trinajstić information content (AvgIpc) is 2.89. The topological polar surface area (TPSA) is 125 Å². The molecule has 1 aliphatic heterocycles. The normalized spacial score (nSPS) is 25.4. The van der Waals surface area contributed by atoms with Gasteiger partial charge in [0.1, 0.15) is 5.52 Å². The molecule has 8 nitrogen and oxygen atoms in total. The maximum atomic E-state index is 13.9. The second-order valence-electron chi connectivity index (χ2n) is 4.55. The lowest BCUT2D eigenvalue weighted by Crippen LogP contribution is -2.26. The van der Waals surface area contributed by atoms with Crippen molar-refractivity contribution in [2.45, 2.75) is 24.7 Å². The van der Waals surface area contributed by atoms with Gasteiger partial charge in [0.05, 0.1) is 19.0 Å². The van der Waals surface area contributed by atoms with Gasteiger partial charge in [-0.1, -0.05) is 0 Å². The van der Waals surface area contributed by atoms with Gasteiger partial charge in [-0.2, -0.15) is 9.97 Å². The van der Waals surface area contributed by atoms with E-state index in [1.54, 1.807) is 0 Å². The van der Waals surface area contributed by atoms with Crippen molar-refractivity contribution in [1.29, 1.82) is 0 Å². The Hall–Kier alpha value is -2.07. The summed E-state index contributed by atoms with van der Waals surface area (Å²) >= 11 is 0. The summed E-state index contributed by atoms with van der Waals surface area (Å²) in [5.74, 6) is -3.29. The van der Waals surface area contributed by atoms with E-state index in [1.807, 2.05) is 0 Å². The summed E-state index contributed by atoms with van der Waals surface area (Å²) < 4.78 is 34.1. The molecular formula is C10H12F2N6O2. The highest BCUT2D eigenvalue weighted by Crippen LogP contribution is 2.43. The molecule has 0 radical (unpaired) electrons. The van der Waals surface area contributed by atoms with Crippen LogP contribution in [0.5, 0.6) is 0 Å². The first-order valence-electron chi connectivity index (χ1n) is 5.82. The summed E-state index contributed by atoms with van der Waals surface area (Å²) in [6, 6.07) is 0. The van der Waals surface area contributed by atoms with Crippen molar-refractivity contribution in [3.63, 3.8) is 0 Å². The van der Waals surface area contributed by atoms with E-state index in [2.05, 4.69) is 15.0 Å². The molecule has 1 saturated heterocycles. The molecule has 2 aromatic rings. The number of nitrogen functional groups attached to an aromatic ring is 2. The van der Waals surface area contributed by atoms with Gasteiger partial charge in [-0.3, -0.25) is 4.57 Å². The molecule has 10 heteroatoms. The van der Waals surface area contributed by atoms with E-state index in [0.29, 0.717) is 0 Å². The Morgan fingerprint density at radius 3 is 2.85 bits per heavy atom. The first kappa shape index (κ1) is 12.9. The number of anilines is 2. The SMILES string of the molecule is Nc1nc(N)c2ncn(C3OC(CO)CC3(F)F)c2n1. The number of hydrogen-bond donors (Lipinski definition) is 3. The van der Waals surface area contributed by atoms with Gasteiger partial charge in [0, 0.05) is 6.42 Å². The minimum atomic E-state index is -3.16. The largest absolute Gasteiger partial charge is 0.394 e. The van der Waals surface area contributed by atoms with Gasteiger partial charge in [0.2, 0.25) is 12.2 Å². The Kier molecular flexibility index (Phi) is 2.73. The van der Waals surface area contributed by atoms with Crippen LogP contribution < -0.4 is 11.5 Å². The van der Waals surface area contributed by atoms with Gasteiger partial charge in [-0.05, 0) is 0 Å². The Bertz CT molecular complexity index is 660. The van der Waals surface area contributed by atoms with Crippen LogP contribution in [-0.4, -0.2) is 43.3 Å². The number of fused-ring (bicyclic) bond motifs is 1. The summed E-state index contributed by atoms with van der Waals surface area (Å²) in [7, 11) is 0. The van der Waals surface area contributed by atoms with Gasteiger partial charge in [-0.15, -0.1) is 0 Å². The number of nitrogens with two attached hydrogens (primary N) is 2. The maximum absolute atomic E-state index is 13.9. The molecule has 0 bridgehead atoms. The molecule has 3 heterocycles. The zero-order chi connectivity index (χ0) is 14.5. The quantitative estimate of drug-likeness (QED) is 0.704. The van der Waals surface area contributed by atoms with E-state index < -0.39 is 31.3 Å². The van der Waals surface area contributed by atoms with Gasteiger partial charge < -0.3 is 21.3 Å². The number of nitrogens with zero attached hydrogens (tertiary/aromatic N) is 4. The van der Waals surface area contributed by atoms with Crippen LogP contribution in [0.25, 0.3) is 11.2 Å². The first-order valence-corrected chi connectivity index (χ1v) is 5.82. The van der Waals surface area contributed by atoms with E-state index in [1.165, 1.54) is 0 Å². The van der Waals surface area contributed by atoms with Crippen molar-refractivity contribution in [2.75, 3.05) is 18.1 Å². The zero-order valence-corrected chi connectivity index (χ0v) is 10.2. The summed E-state index contributed by atoms with van der Waals surface area (Å²) in [5, 5.41) is 8.97. The molecule has 2 unspecified atom stereocenters. The molecule has 1 aliphatic rings. The Morgan fingerprint density at radius 2 is 2.20 bits per heavy atom. The van der Waals surface area contributed by atoms with Crippen LogP contribution in [0.3, 0.4) is 0 Å². The van der Waals surface area contributed by atoms with Crippen molar-refractivity contribution in [3.8, 4) is 0 Å². The summed E-state index contributed by atoms with van der Waals surface area (Å²) in [5.41, 5.74) is 11.3. The minimum Gasteiger partial charge on any atom is -0.394 e. The molecule has 0 amide bonds. The van der Waals surface area contributed by atoms with Crippen LogP contribution in [0.2, 0.25) is 0 Å². The van der Waals surface area contributed by atoms with Crippen molar-refractivity contribution in [3.05, 3.63) is 6.33 Å². The Labute approximate surface area is 111 Å². The number of ether oxygens (including phenoxy) is 1. The predicted octanol–water partition coefficient (Wildman–Crippen LogP) is -0.0942. The molecule has 5 N–H and O–H groups in total. The highest BCUT2D eigenvalue weighted by Gasteiger charge is 2.51. The van der Waals surface area contributed by atoms with Crippen LogP contribution in [0.15, 0.2) is 6.33 Å². The fraction of sp³-hybridized carbons (Fsp3) is 0.500. The van der Waals surface area contributed by atoms with Crippen molar-refractivity contribution in [1.82, 2.24) is 19.5 Å². The fourth-order valence-corrected chi connectivity index (χ4v) is 2.24. The minimum absolute atomic E-state index is 0.00581. The monoisotopic (exact) mass is 286 g/mol. The maximum Gasteiger partial charge on any atom is 0.295 e. The second-order valence-corrected chi connectivity index (χ2v) is 4.55. The molecule has 3 rings (SSSR count). The van der Waals surface area contributed by atoms with Gasteiger partial charge in [-0.25, -0.2) is 13.8 Å². The number of halogens is 2. The van der Waals surface area contributed by atoms with Crippen molar-refractivity contribution < 1.29 is 18.6 Å². The smallest absolute Gasteiger partial charge is 0.295 e. The fourth-order valence-electron chi connectivity index (χ4n) is 2.24. The highest BCUT2D eigenvalue weighted by atomic mass is 19.3. The van der Waals surface area contributed by atoms with Gasteiger partial charge >= 0.3 is 0 Å². The number of aliphatic hydroxyl groups excluding tert-OH is 1. The van der Waals surface area contributed by atoms with E-state index in [9.17, 15) is 8.78 Å².